The van der Waals surface area contributed by atoms with Crippen LogP contribution in [0.2, 0.25) is 0 Å². The van der Waals surface area contributed by atoms with Gasteiger partial charge in [0.2, 0.25) is 0 Å². The molecule has 0 bridgehead atoms. The van der Waals surface area contributed by atoms with Gasteiger partial charge in [-0.3, -0.25) is 0 Å². The second-order valence-corrected chi connectivity index (χ2v) is 2.44. The van der Waals surface area contributed by atoms with Crippen LogP contribution in [0, 0.1) is 0 Å². The molecule has 0 aliphatic carbocycles. The van der Waals surface area contributed by atoms with Crippen LogP contribution in [-0.4, -0.2) is 34.2 Å². The van der Waals surface area contributed by atoms with Crippen molar-refractivity contribution in [3.8, 4) is 0 Å². The van der Waals surface area contributed by atoms with Gasteiger partial charge >= 0.3 is 6.09 Å². The minimum absolute atomic E-state index is 0.185. The first kappa shape index (κ1) is 9.16. The van der Waals surface area contributed by atoms with Gasteiger partial charge in [0, 0.05) is 7.05 Å². The number of likely N-dealkylation sites (N-methyl/N-ethyl adjacent to an activating group) is 1. The number of hydrogen-bond acceptors (Lipinski definition) is 2. The van der Waals surface area contributed by atoms with Crippen molar-refractivity contribution in [3.05, 3.63) is 0 Å². The molecule has 1 amide bonds. The fourth-order valence-electron chi connectivity index (χ4n) is 0.357. The molecule has 5 heteroatoms. The zero-order chi connectivity index (χ0) is 8.31. The molecule has 10 heavy (non-hydrogen) atoms. The fraction of sp³-hybridized carbons (Fsp3) is 0.600. The lowest BCUT2D eigenvalue weighted by Crippen LogP contribution is -2.41. The van der Waals surface area contributed by atoms with Gasteiger partial charge in [-0.25, -0.2) is 4.79 Å². The summed E-state index contributed by atoms with van der Waals surface area (Å²) in [5.74, 6) is 0. The summed E-state index contributed by atoms with van der Waals surface area (Å²) in [7, 11) is 1.42. The molecule has 0 aromatic carbocycles. The Bertz CT molecular complexity index is 142. The third-order valence-corrected chi connectivity index (χ3v) is 1.64. The summed E-state index contributed by atoms with van der Waals surface area (Å²) in [4.78, 5) is 11.5. The molecule has 1 atom stereocenters. The molecule has 4 nitrogen and oxygen atoms in total. The Balaban J connectivity index is 4.07. The van der Waals surface area contributed by atoms with E-state index in [4.69, 9.17) is 10.8 Å². The lowest BCUT2D eigenvalue weighted by molar-refractivity contribution is 0.152. The molecule has 3 N–H and O–H groups in total. The Hall–Kier alpha value is -0.840. The molecule has 0 saturated carbocycles. The number of amides is 1. The standard InChI is InChI=1S/C5H10N2O2S/c1-3(4(6)10)7(2)5(8)9/h3H,1-2H3,(H2,6,10)(H,8,9)/t3-/m0/s1. The summed E-state index contributed by atoms with van der Waals surface area (Å²) in [5.41, 5.74) is 5.20. The molecule has 0 aliphatic rings. The summed E-state index contributed by atoms with van der Waals surface area (Å²) in [6.07, 6.45) is -1.03. The highest BCUT2D eigenvalue weighted by Gasteiger charge is 2.15. The number of carbonyl (C=O) groups is 1. The number of rotatable bonds is 2. The molecule has 0 unspecified atom stereocenters. The topological polar surface area (TPSA) is 66.6 Å². The second kappa shape index (κ2) is 3.36. The van der Waals surface area contributed by atoms with Crippen LogP contribution in [0.4, 0.5) is 4.79 Å². The molecule has 0 heterocycles. The highest BCUT2D eigenvalue weighted by molar-refractivity contribution is 7.80. The first-order chi connectivity index (χ1) is 4.46. The van der Waals surface area contributed by atoms with Gasteiger partial charge in [-0.2, -0.15) is 0 Å². The summed E-state index contributed by atoms with van der Waals surface area (Å²) >= 11 is 4.59. The molecule has 0 aliphatic heterocycles. The van der Waals surface area contributed by atoms with E-state index in [2.05, 4.69) is 12.2 Å². The maximum atomic E-state index is 10.3. The van der Waals surface area contributed by atoms with Crippen LogP contribution in [0.3, 0.4) is 0 Å². The lowest BCUT2D eigenvalue weighted by atomic mass is 10.3. The first-order valence-corrected chi connectivity index (χ1v) is 3.12. The molecule has 0 spiro atoms. The van der Waals surface area contributed by atoms with Crippen molar-refractivity contribution < 1.29 is 9.90 Å². The molecular weight excluding hydrogens is 152 g/mol. The lowest BCUT2D eigenvalue weighted by Gasteiger charge is -2.19. The maximum Gasteiger partial charge on any atom is 0.407 e. The van der Waals surface area contributed by atoms with Crippen LogP contribution < -0.4 is 5.73 Å². The molecule has 0 fully saturated rings. The van der Waals surface area contributed by atoms with Crippen LogP contribution >= 0.6 is 12.2 Å². The van der Waals surface area contributed by atoms with E-state index in [1.54, 1.807) is 6.92 Å². The minimum atomic E-state index is -1.03. The summed E-state index contributed by atoms with van der Waals surface area (Å²) in [6.45, 7) is 1.64. The Labute approximate surface area is 64.6 Å². The van der Waals surface area contributed by atoms with Gasteiger partial charge in [0.25, 0.3) is 0 Å². The summed E-state index contributed by atoms with van der Waals surface area (Å²) < 4.78 is 0. The SMILES string of the molecule is C[C@@H](C(N)=S)N(C)C(=O)O. The number of nitrogens with two attached hydrogens (primary N) is 1. The molecule has 0 radical (unpaired) electrons. The van der Waals surface area contributed by atoms with Gasteiger partial charge < -0.3 is 15.7 Å². The third kappa shape index (κ3) is 2.18. The van der Waals surface area contributed by atoms with E-state index in [1.165, 1.54) is 7.05 Å². The smallest absolute Gasteiger partial charge is 0.407 e. The number of nitrogens with zero attached hydrogens (tertiary/aromatic N) is 1. The highest BCUT2D eigenvalue weighted by atomic mass is 32.1. The van der Waals surface area contributed by atoms with Gasteiger partial charge in [-0.05, 0) is 6.92 Å². The molecule has 0 saturated heterocycles. The van der Waals surface area contributed by atoms with Crippen molar-refractivity contribution in [2.75, 3.05) is 7.05 Å². The van der Waals surface area contributed by atoms with Crippen molar-refractivity contribution in [3.63, 3.8) is 0 Å². The summed E-state index contributed by atoms with van der Waals surface area (Å²) in [6, 6.07) is -0.396. The fourth-order valence-corrected chi connectivity index (χ4v) is 0.515. The Kier molecular flexibility index (Phi) is 3.08. The predicted molar refractivity (Wildman–Crippen MR) is 42.0 cm³/mol. The number of thiocarbonyl (C=S) groups is 1. The van der Waals surface area contributed by atoms with Crippen molar-refractivity contribution in [1.29, 1.82) is 0 Å². The van der Waals surface area contributed by atoms with E-state index in [-0.39, 0.29) is 4.99 Å². The molecule has 58 valence electrons. The van der Waals surface area contributed by atoms with Crippen LogP contribution in [0.25, 0.3) is 0 Å². The van der Waals surface area contributed by atoms with E-state index in [9.17, 15) is 4.79 Å². The van der Waals surface area contributed by atoms with Crippen LogP contribution in [-0.2, 0) is 0 Å². The van der Waals surface area contributed by atoms with Crippen molar-refractivity contribution >= 4 is 23.3 Å². The van der Waals surface area contributed by atoms with E-state index in [0.717, 1.165) is 4.90 Å². The van der Waals surface area contributed by atoms with Gasteiger partial charge in [0.15, 0.2) is 0 Å². The van der Waals surface area contributed by atoms with E-state index in [1.807, 2.05) is 0 Å². The minimum Gasteiger partial charge on any atom is -0.465 e. The van der Waals surface area contributed by atoms with Crippen LogP contribution in [0.1, 0.15) is 6.92 Å². The highest BCUT2D eigenvalue weighted by Crippen LogP contribution is 1.94. The Morgan fingerprint density at radius 3 is 2.30 bits per heavy atom. The van der Waals surface area contributed by atoms with E-state index >= 15 is 0 Å². The first-order valence-electron chi connectivity index (χ1n) is 2.72. The average Bonchev–Trinajstić information content (AvgIpc) is 1.84. The largest absolute Gasteiger partial charge is 0.465 e. The predicted octanol–water partition coefficient (Wildman–Crippen LogP) is 0.271. The zero-order valence-corrected chi connectivity index (χ0v) is 6.68. The third-order valence-electron chi connectivity index (χ3n) is 1.29. The van der Waals surface area contributed by atoms with Crippen molar-refractivity contribution in [2.45, 2.75) is 13.0 Å². The van der Waals surface area contributed by atoms with Gasteiger partial charge in [0.1, 0.15) is 0 Å². The van der Waals surface area contributed by atoms with Gasteiger partial charge in [-0.15, -0.1) is 0 Å². The number of carboxylic acid groups (broad SMARTS) is 1. The van der Waals surface area contributed by atoms with Crippen LogP contribution in [0.5, 0.6) is 0 Å². The molecule has 0 aromatic heterocycles. The van der Waals surface area contributed by atoms with Crippen LogP contribution in [0.15, 0.2) is 0 Å². The Morgan fingerprint density at radius 1 is 1.80 bits per heavy atom. The van der Waals surface area contributed by atoms with Gasteiger partial charge in [-0.1, -0.05) is 12.2 Å². The van der Waals surface area contributed by atoms with E-state index < -0.39 is 12.1 Å². The number of hydrogen-bond donors (Lipinski definition) is 2. The molecule has 0 rings (SSSR count). The quantitative estimate of drug-likeness (QED) is 0.572. The van der Waals surface area contributed by atoms with Gasteiger partial charge in [0.05, 0.1) is 11.0 Å². The van der Waals surface area contributed by atoms with E-state index in [0.29, 0.717) is 0 Å². The van der Waals surface area contributed by atoms with Crippen molar-refractivity contribution in [2.24, 2.45) is 5.73 Å². The zero-order valence-electron chi connectivity index (χ0n) is 5.87. The monoisotopic (exact) mass is 162 g/mol. The average molecular weight is 162 g/mol. The Morgan fingerprint density at radius 2 is 2.20 bits per heavy atom. The second-order valence-electron chi connectivity index (χ2n) is 1.97. The normalized spacial score (nSPS) is 12.2. The maximum absolute atomic E-state index is 10.3. The summed E-state index contributed by atoms with van der Waals surface area (Å²) in [5, 5.41) is 8.41. The molecule has 0 aromatic rings. The molecular formula is C5H10N2O2S. The van der Waals surface area contributed by atoms with Crippen molar-refractivity contribution in [1.82, 2.24) is 4.90 Å².